The van der Waals surface area contributed by atoms with E-state index in [-0.39, 0.29) is 24.1 Å². The van der Waals surface area contributed by atoms with Gasteiger partial charge in [0.05, 0.1) is 11.2 Å². The molecule has 0 radical (unpaired) electrons. The van der Waals surface area contributed by atoms with Crippen molar-refractivity contribution < 1.29 is 14.4 Å². The van der Waals surface area contributed by atoms with Crippen LogP contribution in [0.4, 0.5) is 11.4 Å². The SMILES string of the molecule is O=C(CC1SC(N2CCCC2)=NC1=O)Nc1ccc(C(=O)Nc2cccc3cccnc23)cc1. The molecule has 2 N–H and O–H groups in total. The Bertz CT molecular complexity index is 1280. The number of thioether (sulfide) groups is 1. The molecule has 1 unspecified atom stereocenters. The van der Waals surface area contributed by atoms with E-state index in [1.165, 1.54) is 11.8 Å². The lowest BCUT2D eigenvalue weighted by Crippen LogP contribution is -2.25. The van der Waals surface area contributed by atoms with E-state index in [9.17, 15) is 14.4 Å². The summed E-state index contributed by atoms with van der Waals surface area (Å²) < 4.78 is 0. The summed E-state index contributed by atoms with van der Waals surface area (Å²) in [6, 6.07) is 16.0. The number of para-hydroxylation sites is 1. The zero-order chi connectivity index (χ0) is 23.5. The molecule has 0 saturated carbocycles. The van der Waals surface area contributed by atoms with Crippen LogP contribution >= 0.6 is 11.8 Å². The smallest absolute Gasteiger partial charge is 0.262 e. The van der Waals surface area contributed by atoms with Gasteiger partial charge in [0.25, 0.3) is 11.8 Å². The van der Waals surface area contributed by atoms with Crippen LogP contribution < -0.4 is 10.6 Å². The number of hydrogen-bond acceptors (Lipinski definition) is 6. The highest BCUT2D eigenvalue weighted by molar-refractivity contribution is 8.15. The van der Waals surface area contributed by atoms with Crippen molar-refractivity contribution in [1.29, 1.82) is 0 Å². The predicted octanol–water partition coefficient (Wildman–Crippen LogP) is 3.91. The Balaban J connectivity index is 1.17. The summed E-state index contributed by atoms with van der Waals surface area (Å²) in [5, 5.41) is 6.88. The van der Waals surface area contributed by atoms with Crippen LogP contribution in [0.3, 0.4) is 0 Å². The third-order valence-electron chi connectivity index (χ3n) is 5.79. The van der Waals surface area contributed by atoms with E-state index < -0.39 is 5.25 Å². The molecule has 34 heavy (non-hydrogen) atoms. The molecule has 2 aliphatic rings. The van der Waals surface area contributed by atoms with Gasteiger partial charge in [0.2, 0.25) is 5.91 Å². The summed E-state index contributed by atoms with van der Waals surface area (Å²) in [6.07, 6.45) is 3.95. The molecular weight excluding hydrogens is 450 g/mol. The first-order chi connectivity index (χ1) is 16.6. The van der Waals surface area contributed by atoms with Crippen molar-refractivity contribution in [3.63, 3.8) is 0 Å². The van der Waals surface area contributed by atoms with Gasteiger partial charge in [-0.25, -0.2) is 0 Å². The molecule has 1 fully saturated rings. The van der Waals surface area contributed by atoms with Crippen LogP contribution in [0.15, 0.2) is 65.8 Å². The van der Waals surface area contributed by atoms with Gasteiger partial charge in [-0.05, 0) is 49.2 Å². The van der Waals surface area contributed by atoms with E-state index in [4.69, 9.17) is 0 Å². The lowest BCUT2D eigenvalue weighted by atomic mass is 10.1. The Morgan fingerprint density at radius 2 is 1.76 bits per heavy atom. The monoisotopic (exact) mass is 473 g/mol. The number of likely N-dealkylation sites (tertiary alicyclic amines) is 1. The maximum atomic E-state index is 12.7. The number of aliphatic imine (C=N–C) groups is 1. The lowest BCUT2D eigenvalue weighted by Gasteiger charge is -2.16. The fraction of sp³-hybridized carbons (Fsp3) is 0.240. The number of rotatable bonds is 5. The van der Waals surface area contributed by atoms with Gasteiger partial charge < -0.3 is 15.5 Å². The van der Waals surface area contributed by atoms with Gasteiger partial charge in [0, 0.05) is 42.3 Å². The molecule has 3 heterocycles. The number of hydrogen-bond donors (Lipinski definition) is 2. The van der Waals surface area contributed by atoms with E-state index in [2.05, 4.69) is 25.5 Å². The van der Waals surface area contributed by atoms with E-state index in [1.54, 1.807) is 30.5 Å². The number of benzene rings is 2. The number of carbonyl (C=O) groups excluding carboxylic acids is 3. The van der Waals surface area contributed by atoms with Gasteiger partial charge >= 0.3 is 0 Å². The first-order valence-corrected chi connectivity index (χ1v) is 12.0. The normalized spacial score (nSPS) is 17.6. The topological polar surface area (TPSA) is 104 Å². The summed E-state index contributed by atoms with van der Waals surface area (Å²) in [7, 11) is 0. The highest BCUT2D eigenvalue weighted by atomic mass is 32.2. The minimum absolute atomic E-state index is 0.0562. The lowest BCUT2D eigenvalue weighted by molar-refractivity contribution is -0.121. The van der Waals surface area contributed by atoms with E-state index >= 15 is 0 Å². The average molecular weight is 474 g/mol. The Morgan fingerprint density at radius 1 is 1.00 bits per heavy atom. The molecule has 8 nitrogen and oxygen atoms in total. The molecule has 1 atom stereocenters. The third-order valence-corrected chi connectivity index (χ3v) is 7.00. The maximum Gasteiger partial charge on any atom is 0.262 e. The van der Waals surface area contributed by atoms with Crippen LogP contribution in [0.2, 0.25) is 0 Å². The van der Waals surface area contributed by atoms with Crippen LogP contribution in [0.5, 0.6) is 0 Å². The minimum Gasteiger partial charge on any atom is -0.351 e. The summed E-state index contributed by atoms with van der Waals surface area (Å²) in [5.74, 6) is -0.782. The Kier molecular flexibility index (Phi) is 6.27. The second kappa shape index (κ2) is 9.64. The van der Waals surface area contributed by atoms with E-state index in [1.807, 2.05) is 30.3 Å². The Hall–Kier alpha value is -3.72. The summed E-state index contributed by atoms with van der Waals surface area (Å²) in [5.41, 5.74) is 2.37. The largest absolute Gasteiger partial charge is 0.351 e. The molecule has 0 aliphatic carbocycles. The number of amidine groups is 1. The van der Waals surface area contributed by atoms with Crippen molar-refractivity contribution in [2.75, 3.05) is 23.7 Å². The van der Waals surface area contributed by atoms with Crippen molar-refractivity contribution >= 4 is 56.9 Å². The number of nitrogens with zero attached hydrogens (tertiary/aromatic N) is 3. The molecule has 9 heteroatoms. The van der Waals surface area contributed by atoms with Gasteiger partial charge in [0.15, 0.2) is 5.17 Å². The van der Waals surface area contributed by atoms with Crippen LogP contribution in [-0.4, -0.2) is 51.1 Å². The maximum absolute atomic E-state index is 12.7. The summed E-state index contributed by atoms with van der Waals surface area (Å²) >= 11 is 1.37. The summed E-state index contributed by atoms with van der Waals surface area (Å²) in [6.45, 7) is 1.82. The zero-order valence-corrected chi connectivity index (χ0v) is 19.2. The second-order valence-electron chi connectivity index (χ2n) is 8.20. The summed E-state index contributed by atoms with van der Waals surface area (Å²) in [4.78, 5) is 48.0. The van der Waals surface area contributed by atoms with Crippen molar-refractivity contribution in [2.24, 2.45) is 4.99 Å². The molecule has 3 aromatic rings. The molecule has 2 aliphatic heterocycles. The average Bonchev–Trinajstić information content (AvgIpc) is 3.50. The number of anilines is 2. The number of aromatic nitrogens is 1. The molecule has 1 aromatic heterocycles. The molecule has 5 rings (SSSR count). The second-order valence-corrected chi connectivity index (χ2v) is 9.37. The molecule has 2 aromatic carbocycles. The predicted molar refractivity (Wildman–Crippen MR) is 134 cm³/mol. The zero-order valence-electron chi connectivity index (χ0n) is 18.4. The molecule has 172 valence electrons. The van der Waals surface area contributed by atoms with Crippen LogP contribution in [-0.2, 0) is 9.59 Å². The molecule has 3 amide bonds. The van der Waals surface area contributed by atoms with Crippen LogP contribution in [0.25, 0.3) is 10.9 Å². The first-order valence-electron chi connectivity index (χ1n) is 11.2. The number of amides is 3. The van der Waals surface area contributed by atoms with Crippen molar-refractivity contribution in [3.8, 4) is 0 Å². The fourth-order valence-electron chi connectivity index (χ4n) is 4.04. The molecule has 1 saturated heterocycles. The van der Waals surface area contributed by atoms with Gasteiger partial charge in [-0.1, -0.05) is 30.0 Å². The number of pyridine rings is 1. The quantitative estimate of drug-likeness (QED) is 0.582. The standard InChI is InChI=1S/C25H23N5O3S/c31-21(15-20-24(33)29-25(34-20)30-13-1-2-14-30)27-18-10-8-17(9-11-18)23(32)28-19-7-3-5-16-6-4-12-26-22(16)19/h3-12,20H,1-2,13-15H2,(H,27,31)(H,28,32). The third kappa shape index (κ3) is 4.79. The van der Waals surface area contributed by atoms with Gasteiger partial charge in [-0.15, -0.1) is 0 Å². The van der Waals surface area contributed by atoms with E-state index in [0.29, 0.717) is 16.9 Å². The van der Waals surface area contributed by atoms with Crippen molar-refractivity contribution in [2.45, 2.75) is 24.5 Å². The minimum atomic E-state index is -0.491. The van der Waals surface area contributed by atoms with Gasteiger partial charge in [-0.3, -0.25) is 19.4 Å². The highest BCUT2D eigenvalue weighted by Crippen LogP contribution is 2.29. The number of carbonyl (C=O) groups is 3. The first kappa shape index (κ1) is 22.1. The van der Waals surface area contributed by atoms with Crippen LogP contribution in [0.1, 0.15) is 29.6 Å². The number of nitrogens with one attached hydrogen (secondary N) is 2. The molecular formula is C25H23N5O3S. The fourth-order valence-corrected chi connectivity index (χ4v) is 5.15. The van der Waals surface area contributed by atoms with E-state index in [0.717, 1.165) is 42.0 Å². The molecule has 0 spiro atoms. The van der Waals surface area contributed by atoms with Crippen molar-refractivity contribution in [3.05, 3.63) is 66.4 Å². The van der Waals surface area contributed by atoms with Gasteiger partial charge in [0.1, 0.15) is 5.25 Å². The Morgan fingerprint density at radius 3 is 2.56 bits per heavy atom. The van der Waals surface area contributed by atoms with Crippen molar-refractivity contribution in [1.82, 2.24) is 9.88 Å². The Labute approximate surface area is 200 Å². The van der Waals surface area contributed by atoms with Crippen LogP contribution in [0, 0.1) is 0 Å². The highest BCUT2D eigenvalue weighted by Gasteiger charge is 2.33. The number of fused-ring (bicyclic) bond motifs is 1. The molecule has 0 bridgehead atoms. The van der Waals surface area contributed by atoms with Gasteiger partial charge in [-0.2, -0.15) is 4.99 Å².